The zero-order valence-electron chi connectivity index (χ0n) is 17.8. The van der Waals surface area contributed by atoms with Gasteiger partial charge in [0, 0.05) is 20.3 Å². The first-order valence-electron chi connectivity index (χ1n) is 10.2. The first-order valence-corrected chi connectivity index (χ1v) is 10.2. The Labute approximate surface area is 180 Å². The van der Waals surface area contributed by atoms with Gasteiger partial charge < -0.3 is 15.2 Å². The highest BCUT2D eigenvalue weighted by Gasteiger charge is 2.49. The molecule has 0 radical (unpaired) electrons. The third-order valence-corrected chi connectivity index (χ3v) is 5.51. The van der Waals surface area contributed by atoms with Gasteiger partial charge in [0.1, 0.15) is 5.75 Å². The average molecular weight is 431 g/mol. The van der Waals surface area contributed by atoms with Crippen LogP contribution in [0.25, 0.3) is 0 Å². The fourth-order valence-electron chi connectivity index (χ4n) is 3.70. The van der Waals surface area contributed by atoms with Gasteiger partial charge in [-0.15, -0.1) is 0 Å². The highest BCUT2D eigenvalue weighted by Crippen LogP contribution is 2.40. The van der Waals surface area contributed by atoms with E-state index in [0.717, 1.165) is 12.0 Å². The van der Waals surface area contributed by atoms with Gasteiger partial charge in [-0.3, -0.25) is 9.69 Å². The van der Waals surface area contributed by atoms with Crippen molar-refractivity contribution in [2.75, 3.05) is 20.3 Å². The van der Waals surface area contributed by atoms with Gasteiger partial charge >= 0.3 is 6.61 Å². The number of alkyl halides is 2. The number of guanidine groups is 1. The molecule has 0 saturated carbocycles. The van der Waals surface area contributed by atoms with E-state index >= 15 is 0 Å². The summed E-state index contributed by atoms with van der Waals surface area (Å²) < 4.78 is 35.0. The number of nitrogens with two attached hydrogens (primary N) is 1. The predicted octanol–water partition coefficient (Wildman–Crippen LogP) is 3.85. The lowest BCUT2D eigenvalue weighted by Gasteiger charge is -2.27. The van der Waals surface area contributed by atoms with E-state index < -0.39 is 12.2 Å². The molecular weight excluding hydrogens is 404 g/mol. The number of benzene rings is 2. The standard InChI is InChI=1S/C23H27F2N3O3/c1-4-30-13-12-15(2)16-6-5-7-18(14-16)23(20(29)28(3)22(26)27-23)17-8-10-19(11-9-17)31-21(24)25/h5-11,14-15,21H,4,12-13H2,1-3H3,(H2,26,27). The van der Waals surface area contributed by atoms with Crippen LogP contribution in [0.15, 0.2) is 53.5 Å². The van der Waals surface area contributed by atoms with Crippen LogP contribution in [0.3, 0.4) is 0 Å². The van der Waals surface area contributed by atoms with Crippen molar-refractivity contribution < 1.29 is 23.0 Å². The molecule has 2 unspecified atom stereocenters. The van der Waals surface area contributed by atoms with Crippen molar-refractivity contribution in [2.45, 2.75) is 38.3 Å². The van der Waals surface area contributed by atoms with Crippen LogP contribution in [0, 0.1) is 0 Å². The van der Waals surface area contributed by atoms with E-state index in [-0.39, 0.29) is 23.5 Å². The summed E-state index contributed by atoms with van der Waals surface area (Å²) in [5, 5.41) is 0. The molecule has 2 aromatic carbocycles. The van der Waals surface area contributed by atoms with E-state index in [9.17, 15) is 13.6 Å². The van der Waals surface area contributed by atoms with Gasteiger partial charge in [-0.2, -0.15) is 8.78 Å². The summed E-state index contributed by atoms with van der Waals surface area (Å²) in [6.07, 6.45) is 0.837. The Morgan fingerprint density at radius 2 is 1.87 bits per heavy atom. The highest BCUT2D eigenvalue weighted by molar-refractivity contribution is 6.08. The smallest absolute Gasteiger partial charge is 0.387 e. The number of carbonyl (C=O) groups is 1. The van der Waals surface area contributed by atoms with Crippen LogP contribution in [0.2, 0.25) is 0 Å². The number of hydrogen-bond donors (Lipinski definition) is 1. The number of ether oxygens (including phenoxy) is 2. The van der Waals surface area contributed by atoms with E-state index in [0.29, 0.717) is 24.3 Å². The largest absolute Gasteiger partial charge is 0.435 e. The van der Waals surface area contributed by atoms with Crippen molar-refractivity contribution >= 4 is 11.9 Å². The second kappa shape index (κ2) is 9.43. The topological polar surface area (TPSA) is 77.2 Å². The van der Waals surface area contributed by atoms with Crippen LogP contribution >= 0.6 is 0 Å². The first kappa shape index (κ1) is 22.7. The average Bonchev–Trinajstić information content (AvgIpc) is 2.99. The summed E-state index contributed by atoms with van der Waals surface area (Å²) >= 11 is 0. The van der Waals surface area contributed by atoms with Gasteiger partial charge in [0.2, 0.25) is 0 Å². The first-order chi connectivity index (χ1) is 14.8. The Kier molecular flexibility index (Phi) is 6.90. The summed E-state index contributed by atoms with van der Waals surface area (Å²) in [5.74, 6) is -0.0109. The molecule has 0 fully saturated rings. The molecule has 166 valence electrons. The minimum atomic E-state index is -2.93. The number of likely N-dealkylation sites (N-methyl/N-ethyl adjacent to an activating group) is 1. The van der Waals surface area contributed by atoms with Gasteiger partial charge in [-0.05, 0) is 48.1 Å². The van der Waals surface area contributed by atoms with Crippen molar-refractivity contribution in [1.82, 2.24) is 4.90 Å². The Morgan fingerprint density at radius 1 is 1.16 bits per heavy atom. The zero-order valence-corrected chi connectivity index (χ0v) is 17.8. The van der Waals surface area contributed by atoms with Gasteiger partial charge in [-0.25, -0.2) is 4.99 Å². The van der Waals surface area contributed by atoms with E-state index in [1.165, 1.54) is 17.0 Å². The molecular formula is C23H27F2N3O3. The maximum atomic E-state index is 13.4. The molecule has 0 aromatic heterocycles. The molecule has 6 nitrogen and oxygen atoms in total. The molecule has 0 aliphatic carbocycles. The van der Waals surface area contributed by atoms with Crippen molar-refractivity contribution in [1.29, 1.82) is 0 Å². The van der Waals surface area contributed by atoms with Crippen molar-refractivity contribution in [3.8, 4) is 5.75 Å². The lowest BCUT2D eigenvalue weighted by atomic mass is 9.81. The number of amides is 1. The molecule has 2 aromatic rings. The monoisotopic (exact) mass is 431 g/mol. The maximum absolute atomic E-state index is 13.4. The van der Waals surface area contributed by atoms with Crippen molar-refractivity contribution in [3.63, 3.8) is 0 Å². The predicted molar refractivity (Wildman–Crippen MR) is 114 cm³/mol. The van der Waals surface area contributed by atoms with E-state index in [1.807, 2.05) is 31.2 Å². The Hall–Kier alpha value is -3.00. The Balaban J connectivity index is 2.04. The second-order valence-corrected chi connectivity index (χ2v) is 7.46. The summed E-state index contributed by atoms with van der Waals surface area (Å²) in [6, 6.07) is 13.6. The maximum Gasteiger partial charge on any atom is 0.387 e. The summed E-state index contributed by atoms with van der Waals surface area (Å²) in [5.41, 5.74) is 6.84. The van der Waals surface area contributed by atoms with Crippen LogP contribution in [-0.2, 0) is 15.1 Å². The normalized spacial score (nSPS) is 19.6. The van der Waals surface area contributed by atoms with E-state index in [2.05, 4.69) is 16.7 Å². The summed E-state index contributed by atoms with van der Waals surface area (Å²) in [4.78, 5) is 19.2. The number of carbonyl (C=O) groups excluding carboxylic acids is 1. The quantitative estimate of drug-likeness (QED) is 0.612. The fraction of sp³-hybridized carbons (Fsp3) is 0.391. The zero-order chi connectivity index (χ0) is 22.6. The molecule has 1 aliphatic heterocycles. The van der Waals surface area contributed by atoms with Crippen LogP contribution in [0.5, 0.6) is 5.75 Å². The Bertz CT molecular complexity index is 949. The number of halogens is 2. The molecule has 1 heterocycles. The number of rotatable bonds is 9. The van der Waals surface area contributed by atoms with Crippen molar-refractivity contribution in [3.05, 3.63) is 65.2 Å². The summed E-state index contributed by atoms with van der Waals surface area (Å²) in [7, 11) is 1.56. The third kappa shape index (κ3) is 4.54. The molecule has 1 amide bonds. The SMILES string of the molecule is CCOCCC(C)c1cccc(C2(c3ccc(OC(F)F)cc3)N=C(N)N(C)C2=O)c1. The third-order valence-electron chi connectivity index (χ3n) is 5.51. The fourth-order valence-corrected chi connectivity index (χ4v) is 3.70. The van der Waals surface area contributed by atoms with Crippen LogP contribution in [-0.4, -0.2) is 43.6 Å². The number of aliphatic imine (C=N–C) groups is 1. The summed E-state index contributed by atoms with van der Waals surface area (Å²) in [6.45, 7) is 2.43. The molecule has 0 bridgehead atoms. The second-order valence-electron chi connectivity index (χ2n) is 7.46. The van der Waals surface area contributed by atoms with E-state index in [4.69, 9.17) is 10.5 Å². The molecule has 3 rings (SSSR count). The molecule has 2 atom stereocenters. The lowest BCUT2D eigenvalue weighted by molar-refractivity contribution is -0.129. The van der Waals surface area contributed by atoms with Gasteiger partial charge in [0.05, 0.1) is 0 Å². The van der Waals surface area contributed by atoms with Crippen LogP contribution in [0.1, 0.15) is 42.9 Å². The molecule has 2 N–H and O–H groups in total. The van der Waals surface area contributed by atoms with Gasteiger partial charge in [0.25, 0.3) is 5.91 Å². The molecule has 1 aliphatic rings. The highest BCUT2D eigenvalue weighted by atomic mass is 19.3. The molecule has 0 spiro atoms. The van der Waals surface area contributed by atoms with Crippen molar-refractivity contribution in [2.24, 2.45) is 10.7 Å². The molecule has 0 saturated heterocycles. The minimum Gasteiger partial charge on any atom is -0.435 e. The minimum absolute atomic E-state index is 0.00273. The van der Waals surface area contributed by atoms with Crippen LogP contribution in [0.4, 0.5) is 8.78 Å². The number of hydrogen-bond acceptors (Lipinski definition) is 5. The lowest BCUT2D eigenvalue weighted by Crippen LogP contribution is -2.41. The van der Waals surface area contributed by atoms with Crippen LogP contribution < -0.4 is 10.5 Å². The number of nitrogens with zero attached hydrogens (tertiary/aromatic N) is 2. The molecule has 31 heavy (non-hydrogen) atoms. The van der Waals surface area contributed by atoms with Gasteiger partial charge in [-0.1, -0.05) is 43.3 Å². The van der Waals surface area contributed by atoms with E-state index in [1.54, 1.807) is 19.2 Å². The molecule has 8 heteroatoms. The van der Waals surface area contributed by atoms with Gasteiger partial charge in [0.15, 0.2) is 11.5 Å². The Morgan fingerprint density at radius 3 is 2.45 bits per heavy atom.